The van der Waals surface area contributed by atoms with Gasteiger partial charge in [-0.2, -0.15) is 13.2 Å². The van der Waals surface area contributed by atoms with Gasteiger partial charge < -0.3 is 14.6 Å². The van der Waals surface area contributed by atoms with Gasteiger partial charge in [-0.1, -0.05) is 11.6 Å². The number of alkyl halides is 3. The maximum Gasteiger partial charge on any atom is 0.416 e. The minimum atomic E-state index is -4.56. The first-order chi connectivity index (χ1) is 12.1. The summed E-state index contributed by atoms with van der Waals surface area (Å²) in [5.74, 6) is -1.45. The van der Waals surface area contributed by atoms with Crippen LogP contribution in [-0.4, -0.2) is 24.3 Å². The van der Waals surface area contributed by atoms with Gasteiger partial charge in [-0.3, -0.25) is 5.32 Å². The molecule has 0 aromatic heterocycles. The van der Waals surface area contributed by atoms with Crippen molar-refractivity contribution < 1.29 is 37.3 Å². The molecular formula is C16H11ClF3NO5. The number of anilines is 1. The van der Waals surface area contributed by atoms with E-state index in [0.717, 1.165) is 25.3 Å². The predicted octanol–water partition coefficient (Wildman–Crippen LogP) is 5.03. The fraction of sp³-hybridized carbons (Fsp3) is 0.125. The second kappa shape index (κ2) is 7.52. The summed E-state index contributed by atoms with van der Waals surface area (Å²) in [4.78, 5) is 22.5. The van der Waals surface area contributed by atoms with Crippen LogP contribution < -0.4 is 10.1 Å². The van der Waals surface area contributed by atoms with Crippen LogP contribution in [0.2, 0.25) is 5.02 Å². The van der Waals surface area contributed by atoms with Gasteiger partial charge >= 0.3 is 18.2 Å². The Balaban J connectivity index is 2.31. The van der Waals surface area contributed by atoms with Crippen molar-refractivity contribution >= 4 is 29.4 Å². The van der Waals surface area contributed by atoms with Crippen molar-refractivity contribution in [3.8, 4) is 11.5 Å². The van der Waals surface area contributed by atoms with Crippen molar-refractivity contribution in [1.29, 1.82) is 0 Å². The number of carbonyl (C=O) groups excluding carboxylic acids is 1. The summed E-state index contributed by atoms with van der Waals surface area (Å²) in [6.07, 6.45) is -5.42. The lowest BCUT2D eigenvalue weighted by molar-refractivity contribution is -0.137. The second-order valence-electron chi connectivity index (χ2n) is 4.87. The van der Waals surface area contributed by atoms with Crippen molar-refractivity contribution in [2.24, 2.45) is 0 Å². The lowest BCUT2D eigenvalue weighted by atomic mass is 10.1. The maximum absolute atomic E-state index is 12.6. The van der Waals surface area contributed by atoms with Gasteiger partial charge in [-0.15, -0.1) is 0 Å². The monoisotopic (exact) mass is 389 g/mol. The third-order valence-corrected chi connectivity index (χ3v) is 3.43. The molecule has 0 bridgehead atoms. The van der Waals surface area contributed by atoms with Gasteiger partial charge in [-0.05, 0) is 36.4 Å². The molecule has 0 aliphatic rings. The molecule has 1 amide bonds. The minimum absolute atomic E-state index is 0.000487. The van der Waals surface area contributed by atoms with E-state index in [1.807, 2.05) is 0 Å². The largest absolute Gasteiger partial charge is 0.478 e. The summed E-state index contributed by atoms with van der Waals surface area (Å²) >= 11 is 5.79. The predicted molar refractivity (Wildman–Crippen MR) is 86.0 cm³/mol. The van der Waals surface area contributed by atoms with Crippen LogP contribution >= 0.6 is 11.6 Å². The number of carboxylic acid groups (broad SMARTS) is 1. The number of carboxylic acids is 1. The highest BCUT2D eigenvalue weighted by atomic mass is 35.5. The summed E-state index contributed by atoms with van der Waals surface area (Å²) in [7, 11) is 1.11. The number of rotatable bonds is 4. The first-order valence-electron chi connectivity index (χ1n) is 6.88. The van der Waals surface area contributed by atoms with Crippen LogP contribution in [0.5, 0.6) is 11.5 Å². The average Bonchev–Trinajstić information content (AvgIpc) is 2.56. The van der Waals surface area contributed by atoms with Crippen molar-refractivity contribution in [2.75, 3.05) is 12.4 Å². The smallest absolute Gasteiger partial charge is 0.416 e. The zero-order valence-corrected chi connectivity index (χ0v) is 13.8. The van der Waals surface area contributed by atoms with Gasteiger partial charge in [-0.25, -0.2) is 9.59 Å². The Labute approximate surface area is 150 Å². The Bertz CT molecular complexity index is 854. The molecular weight excluding hydrogens is 379 g/mol. The summed E-state index contributed by atoms with van der Waals surface area (Å²) < 4.78 is 47.6. The molecule has 138 valence electrons. The number of hydrogen-bond acceptors (Lipinski definition) is 4. The Morgan fingerprint density at radius 2 is 1.85 bits per heavy atom. The SMILES string of the molecule is COC(=O)Nc1ccc(Oc2ccc(C(F)(F)F)cc2Cl)cc1C(=O)O. The Morgan fingerprint density at radius 3 is 2.38 bits per heavy atom. The quantitative estimate of drug-likeness (QED) is 0.766. The number of benzene rings is 2. The second-order valence-corrected chi connectivity index (χ2v) is 5.28. The third-order valence-electron chi connectivity index (χ3n) is 3.13. The maximum atomic E-state index is 12.6. The molecule has 0 aliphatic carbocycles. The highest BCUT2D eigenvalue weighted by Gasteiger charge is 2.31. The van der Waals surface area contributed by atoms with Crippen molar-refractivity contribution in [3.05, 3.63) is 52.5 Å². The molecule has 0 unspecified atom stereocenters. The summed E-state index contributed by atoms with van der Waals surface area (Å²) in [5.41, 5.74) is -1.30. The van der Waals surface area contributed by atoms with Gasteiger partial charge in [0.15, 0.2) is 0 Å². The molecule has 0 spiro atoms. The zero-order chi connectivity index (χ0) is 19.5. The normalized spacial score (nSPS) is 11.0. The van der Waals surface area contributed by atoms with E-state index < -0.39 is 23.8 Å². The van der Waals surface area contributed by atoms with Crippen LogP contribution in [-0.2, 0) is 10.9 Å². The number of ether oxygens (including phenoxy) is 2. The van der Waals surface area contributed by atoms with Gasteiger partial charge in [0, 0.05) is 0 Å². The summed E-state index contributed by atoms with van der Waals surface area (Å²) in [6.45, 7) is 0. The van der Waals surface area contributed by atoms with Crippen LogP contribution in [0, 0.1) is 0 Å². The van der Waals surface area contributed by atoms with Crippen LogP contribution in [0.4, 0.5) is 23.7 Å². The first-order valence-corrected chi connectivity index (χ1v) is 7.26. The third kappa shape index (κ3) is 4.57. The zero-order valence-electron chi connectivity index (χ0n) is 13.1. The van der Waals surface area contributed by atoms with E-state index in [1.165, 1.54) is 12.1 Å². The number of amides is 1. The average molecular weight is 390 g/mol. The van der Waals surface area contributed by atoms with E-state index in [9.17, 15) is 27.9 Å². The first kappa shape index (κ1) is 19.4. The van der Waals surface area contributed by atoms with E-state index in [0.29, 0.717) is 6.07 Å². The van der Waals surface area contributed by atoms with E-state index in [-0.39, 0.29) is 27.8 Å². The Morgan fingerprint density at radius 1 is 1.15 bits per heavy atom. The lowest BCUT2D eigenvalue weighted by Crippen LogP contribution is -2.14. The highest BCUT2D eigenvalue weighted by Crippen LogP contribution is 2.37. The molecule has 2 aromatic rings. The molecule has 0 radical (unpaired) electrons. The molecule has 0 saturated carbocycles. The Hall–Kier alpha value is -2.94. The topological polar surface area (TPSA) is 84.9 Å². The fourth-order valence-electron chi connectivity index (χ4n) is 1.92. The van der Waals surface area contributed by atoms with Crippen LogP contribution in [0.3, 0.4) is 0 Å². The van der Waals surface area contributed by atoms with Crippen LogP contribution in [0.1, 0.15) is 15.9 Å². The van der Waals surface area contributed by atoms with Gasteiger partial charge in [0.25, 0.3) is 0 Å². The summed E-state index contributed by atoms with van der Waals surface area (Å²) in [6, 6.07) is 6.14. The molecule has 2 aromatic carbocycles. The molecule has 26 heavy (non-hydrogen) atoms. The molecule has 0 heterocycles. The van der Waals surface area contributed by atoms with E-state index in [2.05, 4.69) is 10.1 Å². The number of aromatic carboxylic acids is 1. The van der Waals surface area contributed by atoms with Gasteiger partial charge in [0.2, 0.25) is 0 Å². The molecule has 0 fully saturated rings. The molecule has 0 atom stereocenters. The van der Waals surface area contributed by atoms with Gasteiger partial charge in [0.05, 0.1) is 28.9 Å². The van der Waals surface area contributed by atoms with E-state index in [1.54, 1.807) is 0 Å². The number of methoxy groups -OCH3 is 1. The molecule has 0 aliphatic heterocycles. The molecule has 0 saturated heterocycles. The van der Waals surface area contributed by atoms with Crippen molar-refractivity contribution in [1.82, 2.24) is 0 Å². The van der Waals surface area contributed by atoms with E-state index in [4.69, 9.17) is 16.3 Å². The molecule has 6 nitrogen and oxygen atoms in total. The highest BCUT2D eigenvalue weighted by molar-refractivity contribution is 6.32. The van der Waals surface area contributed by atoms with Crippen molar-refractivity contribution in [3.63, 3.8) is 0 Å². The number of carbonyl (C=O) groups is 2. The molecule has 10 heteroatoms. The number of halogens is 4. The minimum Gasteiger partial charge on any atom is -0.478 e. The lowest BCUT2D eigenvalue weighted by Gasteiger charge is -2.13. The summed E-state index contributed by atoms with van der Waals surface area (Å²) in [5, 5.41) is 11.1. The molecule has 2 rings (SSSR count). The fourth-order valence-corrected chi connectivity index (χ4v) is 2.14. The van der Waals surface area contributed by atoms with E-state index >= 15 is 0 Å². The van der Waals surface area contributed by atoms with Crippen molar-refractivity contribution in [2.45, 2.75) is 6.18 Å². The van der Waals surface area contributed by atoms with Gasteiger partial charge in [0.1, 0.15) is 11.5 Å². The number of nitrogens with one attached hydrogen (secondary N) is 1. The van der Waals surface area contributed by atoms with Crippen LogP contribution in [0.25, 0.3) is 0 Å². The van der Waals surface area contributed by atoms with Crippen LogP contribution in [0.15, 0.2) is 36.4 Å². The molecule has 2 N–H and O–H groups in total. The number of hydrogen-bond donors (Lipinski definition) is 2. The Kier molecular flexibility index (Phi) is 5.61. The standard InChI is InChI=1S/C16H11ClF3NO5/c1-25-15(24)21-12-4-3-9(7-10(12)14(22)23)26-13-5-2-8(6-11(13)17)16(18,19)20/h2-7H,1H3,(H,21,24)(H,22,23).